The Labute approximate surface area is 104 Å². The second-order valence-corrected chi connectivity index (χ2v) is 6.46. The quantitative estimate of drug-likeness (QED) is 0.518. The van der Waals surface area contributed by atoms with Gasteiger partial charge < -0.3 is 5.11 Å². The lowest BCUT2D eigenvalue weighted by atomic mass is 9.77. The second kappa shape index (κ2) is 4.13. The summed E-state index contributed by atoms with van der Waals surface area (Å²) in [5, 5.41) is 9.81. The Balaban J connectivity index is 2.43. The van der Waals surface area contributed by atoms with Crippen LogP contribution < -0.4 is 0 Å². The molecule has 1 aliphatic carbocycles. The molecule has 1 unspecified atom stereocenters. The molecule has 0 aromatic heterocycles. The van der Waals surface area contributed by atoms with Crippen molar-refractivity contribution in [2.75, 3.05) is 6.54 Å². The summed E-state index contributed by atoms with van der Waals surface area (Å²) in [5.41, 5.74) is -0.222. The highest BCUT2D eigenvalue weighted by molar-refractivity contribution is 5.58. The number of hydrogen-bond donors (Lipinski definition) is 1. The number of fused-ring (bicyclic) bond motifs is 1. The normalized spacial score (nSPS) is 37.6. The molecule has 1 aliphatic heterocycles. The largest absolute Gasteiger partial charge is 0.514 e. The van der Waals surface area contributed by atoms with E-state index in [9.17, 15) is 9.90 Å². The molecule has 0 bridgehead atoms. The van der Waals surface area contributed by atoms with Gasteiger partial charge in [0.2, 0.25) is 0 Å². The zero-order valence-corrected chi connectivity index (χ0v) is 11.1. The summed E-state index contributed by atoms with van der Waals surface area (Å²) in [5.74, 6) is 0.559. The zero-order valence-electron chi connectivity index (χ0n) is 11.1. The molecule has 3 nitrogen and oxygen atoms in total. The van der Waals surface area contributed by atoms with Crippen LogP contribution in [-0.4, -0.2) is 33.8 Å². The Morgan fingerprint density at radius 2 is 1.94 bits per heavy atom. The number of carbonyl (C=O) groups is 1. The predicted molar refractivity (Wildman–Crippen MR) is 67.8 cm³/mol. The van der Waals surface area contributed by atoms with Crippen molar-refractivity contribution in [3.63, 3.8) is 0 Å². The van der Waals surface area contributed by atoms with Crippen LogP contribution in [0, 0.1) is 5.92 Å². The van der Waals surface area contributed by atoms with Gasteiger partial charge in [-0.25, -0.2) is 4.48 Å². The number of nitrogens with zero attached hydrogens (tertiary/aromatic N) is 1. The molecule has 2 rings (SSSR count). The van der Waals surface area contributed by atoms with Crippen LogP contribution in [0.3, 0.4) is 0 Å². The van der Waals surface area contributed by atoms with Gasteiger partial charge >= 0.3 is 6.09 Å². The summed E-state index contributed by atoms with van der Waals surface area (Å²) in [6.45, 7) is 7.00. The minimum absolute atomic E-state index is 0.222. The van der Waals surface area contributed by atoms with Crippen molar-refractivity contribution in [2.45, 2.75) is 58.0 Å². The molecule has 0 radical (unpaired) electrons. The minimum Gasteiger partial charge on any atom is -0.435 e. The summed E-state index contributed by atoms with van der Waals surface area (Å²) >= 11 is 0. The third kappa shape index (κ3) is 1.81. The van der Waals surface area contributed by atoms with E-state index in [0.29, 0.717) is 5.92 Å². The molecule has 1 heterocycles. The lowest BCUT2D eigenvalue weighted by Gasteiger charge is -2.54. The maximum atomic E-state index is 11.9. The van der Waals surface area contributed by atoms with E-state index in [-0.39, 0.29) is 16.1 Å². The highest BCUT2D eigenvalue weighted by Gasteiger charge is 2.57. The van der Waals surface area contributed by atoms with Gasteiger partial charge in [-0.1, -0.05) is 12.2 Å². The van der Waals surface area contributed by atoms with Crippen LogP contribution in [-0.2, 0) is 0 Å². The van der Waals surface area contributed by atoms with E-state index >= 15 is 0 Å². The Kier molecular flexibility index (Phi) is 3.06. The first kappa shape index (κ1) is 12.6. The first-order valence-corrected chi connectivity index (χ1v) is 6.66. The standard InChI is InChI=1S/C14H23NO2/c1-14(2,3)15(13(16)17)10-6-8-11-7-4-5-9-12(11)15/h4-5,11-12H,6-10H2,1-3H3/p+1/t11-,12?,15-/m1/s1. The van der Waals surface area contributed by atoms with E-state index in [1.165, 1.54) is 6.42 Å². The minimum atomic E-state index is -0.637. The van der Waals surface area contributed by atoms with Crippen molar-refractivity contribution in [1.29, 1.82) is 0 Å². The Bertz CT molecular complexity index is 343. The number of hydrogen-bond acceptors (Lipinski definition) is 1. The maximum absolute atomic E-state index is 11.9. The molecule has 1 amide bonds. The van der Waals surface area contributed by atoms with E-state index < -0.39 is 6.09 Å². The third-order valence-electron chi connectivity index (χ3n) is 4.72. The lowest BCUT2D eigenvalue weighted by Crippen LogP contribution is -2.71. The van der Waals surface area contributed by atoms with E-state index in [4.69, 9.17) is 0 Å². The molecule has 0 aromatic rings. The lowest BCUT2D eigenvalue weighted by molar-refractivity contribution is -0.935. The molecule has 0 saturated carbocycles. The molecule has 17 heavy (non-hydrogen) atoms. The van der Waals surface area contributed by atoms with Gasteiger partial charge in [-0.05, 0) is 40.0 Å². The van der Waals surface area contributed by atoms with Gasteiger partial charge in [0, 0.05) is 12.3 Å². The van der Waals surface area contributed by atoms with Gasteiger partial charge in [0.15, 0.2) is 0 Å². The summed E-state index contributed by atoms with van der Waals surface area (Å²) in [6.07, 6.45) is 7.99. The van der Waals surface area contributed by atoms with Gasteiger partial charge in [-0.15, -0.1) is 0 Å². The Morgan fingerprint density at radius 1 is 1.29 bits per heavy atom. The molecule has 1 saturated heterocycles. The fraction of sp³-hybridized carbons (Fsp3) is 0.786. The number of likely N-dealkylation sites (tertiary alicyclic amines) is 1. The maximum Gasteiger partial charge on any atom is 0.514 e. The Hall–Kier alpha value is -0.830. The van der Waals surface area contributed by atoms with Gasteiger partial charge in [0.25, 0.3) is 0 Å². The smallest absolute Gasteiger partial charge is 0.435 e. The zero-order chi connectivity index (χ0) is 12.7. The van der Waals surface area contributed by atoms with Crippen molar-refractivity contribution < 1.29 is 14.4 Å². The molecule has 96 valence electrons. The van der Waals surface area contributed by atoms with Crippen molar-refractivity contribution in [3.8, 4) is 0 Å². The van der Waals surface area contributed by atoms with Crippen LogP contribution in [0.5, 0.6) is 0 Å². The second-order valence-electron chi connectivity index (χ2n) is 6.46. The molecular weight excluding hydrogens is 214 g/mol. The van der Waals surface area contributed by atoms with Crippen molar-refractivity contribution >= 4 is 6.09 Å². The molecule has 0 spiro atoms. The Morgan fingerprint density at radius 3 is 2.53 bits per heavy atom. The van der Waals surface area contributed by atoms with Crippen molar-refractivity contribution in [3.05, 3.63) is 12.2 Å². The molecule has 3 atom stereocenters. The fourth-order valence-corrected chi connectivity index (χ4v) is 3.83. The van der Waals surface area contributed by atoms with Crippen LogP contribution >= 0.6 is 0 Å². The van der Waals surface area contributed by atoms with Crippen molar-refractivity contribution in [1.82, 2.24) is 0 Å². The van der Waals surface area contributed by atoms with Gasteiger partial charge in [-0.2, -0.15) is 4.79 Å². The summed E-state index contributed by atoms with van der Waals surface area (Å²) in [6, 6.07) is 0.270. The average Bonchev–Trinajstić information content (AvgIpc) is 2.26. The highest BCUT2D eigenvalue weighted by atomic mass is 16.4. The van der Waals surface area contributed by atoms with Crippen LogP contribution in [0.1, 0.15) is 46.5 Å². The van der Waals surface area contributed by atoms with Crippen LogP contribution in [0.4, 0.5) is 4.79 Å². The summed E-state index contributed by atoms with van der Waals surface area (Å²) in [4.78, 5) is 11.9. The van der Waals surface area contributed by atoms with Gasteiger partial charge in [-0.3, -0.25) is 0 Å². The molecular formula is C14H24NO2+. The van der Waals surface area contributed by atoms with Gasteiger partial charge in [0.05, 0.1) is 6.54 Å². The average molecular weight is 238 g/mol. The fourth-order valence-electron chi connectivity index (χ4n) is 3.83. The first-order chi connectivity index (χ1) is 7.89. The number of carboxylic acid groups (broad SMARTS) is 1. The SMILES string of the molecule is CC(C)(C)[N@+]1(C(=O)O)CCC[C@H]2CC=CCC21. The van der Waals surface area contributed by atoms with Crippen LogP contribution in [0.2, 0.25) is 0 Å². The predicted octanol–water partition coefficient (Wildman–Crippen LogP) is 3.41. The molecule has 2 aliphatic rings. The van der Waals surface area contributed by atoms with E-state index in [1.807, 2.05) is 0 Å². The summed E-state index contributed by atoms with van der Waals surface area (Å²) < 4.78 is 0.252. The number of quaternary nitrogens is 1. The molecule has 0 aromatic carbocycles. The number of allylic oxidation sites excluding steroid dienone is 1. The number of rotatable bonds is 0. The van der Waals surface area contributed by atoms with E-state index in [2.05, 4.69) is 32.9 Å². The first-order valence-electron chi connectivity index (χ1n) is 6.66. The molecule has 1 N–H and O–H groups in total. The third-order valence-corrected chi connectivity index (χ3v) is 4.72. The van der Waals surface area contributed by atoms with E-state index in [1.54, 1.807) is 0 Å². The van der Waals surface area contributed by atoms with Gasteiger partial charge in [0.1, 0.15) is 11.6 Å². The van der Waals surface area contributed by atoms with Crippen LogP contribution in [0.25, 0.3) is 0 Å². The topological polar surface area (TPSA) is 37.3 Å². The monoisotopic (exact) mass is 238 g/mol. The molecule has 1 fully saturated rings. The van der Waals surface area contributed by atoms with Crippen molar-refractivity contribution in [2.24, 2.45) is 5.92 Å². The molecule has 3 heteroatoms. The summed E-state index contributed by atoms with van der Waals surface area (Å²) in [7, 11) is 0. The number of amides is 1. The van der Waals surface area contributed by atoms with E-state index in [0.717, 1.165) is 25.8 Å². The number of piperidine rings is 1. The van der Waals surface area contributed by atoms with Crippen LogP contribution in [0.15, 0.2) is 12.2 Å². The highest BCUT2D eigenvalue weighted by Crippen LogP contribution is 2.43.